The first-order valence-electron chi connectivity index (χ1n) is 11.6. The molecular weight excluding hydrogens is 392 g/mol. The van der Waals surface area contributed by atoms with Gasteiger partial charge in [-0.05, 0) is 68.4 Å². The van der Waals surface area contributed by atoms with E-state index in [0.717, 1.165) is 17.7 Å². The number of aryl methyl sites for hydroxylation is 1. The molecule has 1 aliphatic heterocycles. The molecule has 0 radical (unpaired) electrons. The number of hydrogen-bond donors (Lipinski definition) is 0. The Balaban J connectivity index is 1.60. The van der Waals surface area contributed by atoms with Gasteiger partial charge in [0.2, 0.25) is 0 Å². The van der Waals surface area contributed by atoms with Gasteiger partial charge in [-0.25, -0.2) is 9.79 Å². The van der Waals surface area contributed by atoms with Crippen LogP contribution >= 0.6 is 11.8 Å². The maximum Gasteiger partial charge on any atom is 0.330 e. The number of carbonyl (C=O) groups is 1. The maximum absolute atomic E-state index is 11.6. The number of benzene rings is 1. The van der Waals surface area contributed by atoms with Gasteiger partial charge in [0.15, 0.2) is 5.17 Å². The van der Waals surface area contributed by atoms with Gasteiger partial charge in [-0.15, -0.1) is 0 Å². The Hall–Kier alpha value is -1.75. The van der Waals surface area contributed by atoms with Gasteiger partial charge in [0.05, 0.1) is 17.8 Å². The Bertz CT molecular complexity index is 820. The van der Waals surface area contributed by atoms with Gasteiger partial charge in [0.25, 0.3) is 0 Å². The van der Waals surface area contributed by atoms with E-state index < -0.39 is 0 Å². The minimum atomic E-state index is -0.295. The average Bonchev–Trinajstić information content (AvgIpc) is 3.50. The van der Waals surface area contributed by atoms with Crippen molar-refractivity contribution in [3.8, 4) is 0 Å². The molecule has 0 amide bonds. The molecule has 0 aromatic heterocycles. The summed E-state index contributed by atoms with van der Waals surface area (Å²) in [6.45, 7) is 4.39. The molecule has 30 heavy (non-hydrogen) atoms. The summed E-state index contributed by atoms with van der Waals surface area (Å²) >= 11 is 1.97. The average molecular weight is 427 g/mol. The summed E-state index contributed by atoms with van der Waals surface area (Å²) in [5.41, 5.74) is 3.68. The summed E-state index contributed by atoms with van der Waals surface area (Å²) in [5.74, 6) is 0.903. The van der Waals surface area contributed by atoms with Crippen LogP contribution in [0.1, 0.15) is 76.3 Å². The van der Waals surface area contributed by atoms with Crippen molar-refractivity contribution in [2.75, 3.05) is 12.4 Å². The summed E-state index contributed by atoms with van der Waals surface area (Å²) in [4.78, 5) is 19.6. The number of amidine groups is 1. The number of thioether (sulfide) groups is 1. The molecule has 162 valence electrons. The number of ether oxygens (including phenoxy) is 1. The van der Waals surface area contributed by atoms with Crippen LogP contribution in [0.25, 0.3) is 6.08 Å². The van der Waals surface area contributed by atoms with Crippen molar-refractivity contribution >= 4 is 34.7 Å². The fourth-order valence-electron chi connectivity index (χ4n) is 5.31. The van der Waals surface area contributed by atoms with Crippen molar-refractivity contribution in [1.29, 1.82) is 0 Å². The second-order valence-corrected chi connectivity index (χ2v) is 9.69. The lowest BCUT2D eigenvalue weighted by Crippen LogP contribution is -2.50. The zero-order valence-corrected chi connectivity index (χ0v) is 19.2. The lowest BCUT2D eigenvalue weighted by molar-refractivity contribution is -0.137. The first-order chi connectivity index (χ1) is 14.6. The molecule has 3 fully saturated rings. The number of nitrogens with zero attached hydrogens (tertiary/aromatic N) is 2. The first kappa shape index (κ1) is 21.5. The van der Waals surface area contributed by atoms with Gasteiger partial charge in [-0.1, -0.05) is 50.4 Å². The standard InChI is InChI=1S/C25H34N2O2S/c1-3-20-17-19(12-14-23(28)29-4-2)11-13-22(20)26-24-27(21-9-5-6-10-21)25(18-30-24)15-7-8-16-25/h11-14,17,21H,3-10,15-16,18H2,1-2H3/b14-12+,26-24-. The normalized spacial score (nSPS) is 22.7. The number of esters is 1. The quantitative estimate of drug-likeness (QED) is 0.406. The molecule has 0 unspecified atom stereocenters. The fraction of sp³-hybridized carbons (Fsp3) is 0.600. The first-order valence-corrected chi connectivity index (χ1v) is 12.6. The van der Waals surface area contributed by atoms with Crippen LogP contribution in [-0.2, 0) is 16.0 Å². The van der Waals surface area contributed by atoms with Crippen LogP contribution in [-0.4, -0.2) is 40.0 Å². The molecule has 4 rings (SSSR count). The molecule has 4 nitrogen and oxygen atoms in total. The van der Waals surface area contributed by atoms with E-state index in [1.165, 1.54) is 73.9 Å². The van der Waals surface area contributed by atoms with E-state index in [0.29, 0.717) is 18.2 Å². The Labute approximate surface area is 185 Å². The highest BCUT2D eigenvalue weighted by Gasteiger charge is 2.49. The molecule has 0 atom stereocenters. The molecule has 1 saturated heterocycles. The van der Waals surface area contributed by atoms with Crippen LogP contribution in [0, 0.1) is 0 Å². The van der Waals surface area contributed by atoms with Crippen LogP contribution in [0.3, 0.4) is 0 Å². The van der Waals surface area contributed by atoms with E-state index in [2.05, 4.69) is 30.0 Å². The molecule has 0 N–H and O–H groups in total. The molecule has 1 heterocycles. The largest absolute Gasteiger partial charge is 0.463 e. The van der Waals surface area contributed by atoms with Crippen molar-refractivity contribution < 1.29 is 9.53 Å². The van der Waals surface area contributed by atoms with E-state index in [4.69, 9.17) is 9.73 Å². The minimum Gasteiger partial charge on any atom is -0.463 e. The summed E-state index contributed by atoms with van der Waals surface area (Å²) < 4.78 is 4.98. The van der Waals surface area contributed by atoms with Gasteiger partial charge in [0.1, 0.15) is 0 Å². The van der Waals surface area contributed by atoms with Crippen LogP contribution in [0.2, 0.25) is 0 Å². The lowest BCUT2D eigenvalue weighted by Gasteiger charge is -2.40. The summed E-state index contributed by atoms with van der Waals surface area (Å²) in [6, 6.07) is 7.00. The topological polar surface area (TPSA) is 41.9 Å². The third-order valence-electron chi connectivity index (χ3n) is 6.81. The molecule has 0 bridgehead atoms. The zero-order chi connectivity index (χ0) is 21.0. The molecular formula is C25H34N2O2S. The molecule has 5 heteroatoms. The smallest absolute Gasteiger partial charge is 0.330 e. The van der Waals surface area contributed by atoms with Gasteiger partial charge >= 0.3 is 5.97 Å². The minimum absolute atomic E-state index is 0.295. The third-order valence-corrected chi connectivity index (χ3v) is 8.04. The Morgan fingerprint density at radius 1 is 1.23 bits per heavy atom. The Morgan fingerprint density at radius 2 is 2.00 bits per heavy atom. The van der Waals surface area contributed by atoms with E-state index in [-0.39, 0.29) is 5.97 Å². The Morgan fingerprint density at radius 3 is 2.70 bits per heavy atom. The highest BCUT2D eigenvalue weighted by molar-refractivity contribution is 8.14. The molecule has 3 aliphatic rings. The van der Waals surface area contributed by atoms with Crippen molar-refractivity contribution in [3.05, 3.63) is 35.4 Å². The van der Waals surface area contributed by atoms with Crippen molar-refractivity contribution in [1.82, 2.24) is 4.90 Å². The van der Waals surface area contributed by atoms with Crippen LogP contribution < -0.4 is 0 Å². The monoisotopic (exact) mass is 426 g/mol. The predicted octanol–water partition coefficient (Wildman–Crippen LogP) is 6.12. The molecule has 1 aromatic carbocycles. The Kier molecular flexibility index (Phi) is 6.87. The van der Waals surface area contributed by atoms with Crippen molar-refractivity contribution in [2.45, 2.75) is 83.2 Å². The third kappa shape index (κ3) is 4.46. The molecule has 2 aliphatic carbocycles. The summed E-state index contributed by atoms with van der Waals surface area (Å²) in [5, 5.41) is 1.24. The fourth-order valence-corrected chi connectivity index (χ4v) is 6.78. The van der Waals surface area contributed by atoms with Gasteiger partial charge in [-0.2, -0.15) is 0 Å². The van der Waals surface area contributed by atoms with Crippen LogP contribution in [0.4, 0.5) is 5.69 Å². The van der Waals surface area contributed by atoms with Crippen molar-refractivity contribution in [2.24, 2.45) is 4.99 Å². The maximum atomic E-state index is 11.6. The van der Waals surface area contributed by atoms with E-state index >= 15 is 0 Å². The predicted molar refractivity (Wildman–Crippen MR) is 126 cm³/mol. The van der Waals surface area contributed by atoms with Gasteiger partial charge < -0.3 is 9.64 Å². The lowest BCUT2D eigenvalue weighted by atomic mass is 9.95. The van der Waals surface area contributed by atoms with Crippen LogP contribution in [0.5, 0.6) is 0 Å². The number of aliphatic imine (C=N–C) groups is 1. The second-order valence-electron chi connectivity index (χ2n) is 8.75. The number of carbonyl (C=O) groups excluding carboxylic acids is 1. The SMILES string of the molecule is CCOC(=O)/C=C/c1ccc(/N=C2\SCC3(CCCC3)N2C2CCCC2)c(CC)c1. The summed E-state index contributed by atoms with van der Waals surface area (Å²) in [6.07, 6.45) is 15.0. The highest BCUT2D eigenvalue weighted by atomic mass is 32.2. The number of rotatable bonds is 6. The zero-order valence-electron chi connectivity index (χ0n) is 18.4. The van der Waals surface area contributed by atoms with Gasteiger partial charge in [-0.3, -0.25) is 0 Å². The van der Waals surface area contributed by atoms with Crippen molar-refractivity contribution in [3.63, 3.8) is 0 Å². The second kappa shape index (κ2) is 9.59. The molecule has 1 aromatic rings. The molecule has 1 spiro atoms. The number of hydrogen-bond acceptors (Lipinski definition) is 4. The van der Waals surface area contributed by atoms with E-state index in [1.54, 1.807) is 0 Å². The van der Waals surface area contributed by atoms with Crippen LogP contribution in [0.15, 0.2) is 29.3 Å². The summed E-state index contributed by atoms with van der Waals surface area (Å²) in [7, 11) is 0. The van der Waals surface area contributed by atoms with E-state index in [1.807, 2.05) is 24.8 Å². The molecule has 2 saturated carbocycles. The van der Waals surface area contributed by atoms with Gasteiger partial charge in [0, 0.05) is 17.9 Å². The highest BCUT2D eigenvalue weighted by Crippen LogP contribution is 2.48. The van der Waals surface area contributed by atoms with E-state index in [9.17, 15) is 4.79 Å².